The predicted molar refractivity (Wildman–Crippen MR) is 86.4 cm³/mol. The summed E-state index contributed by atoms with van der Waals surface area (Å²) in [5.41, 5.74) is 1.38. The molecule has 0 saturated heterocycles. The van der Waals surface area contributed by atoms with Crippen molar-refractivity contribution in [3.8, 4) is 17.2 Å². The van der Waals surface area contributed by atoms with Crippen LogP contribution >= 0.6 is 0 Å². The third kappa shape index (κ3) is 3.77. The van der Waals surface area contributed by atoms with E-state index in [1.54, 1.807) is 30.3 Å². The fraction of sp³-hybridized carbons (Fsp3) is 0.111. The number of hydrogen-bond donors (Lipinski definition) is 1. The van der Waals surface area contributed by atoms with Gasteiger partial charge in [0.15, 0.2) is 5.78 Å². The summed E-state index contributed by atoms with van der Waals surface area (Å²) >= 11 is 0. The van der Waals surface area contributed by atoms with E-state index < -0.39 is 5.78 Å². The molecule has 0 saturated carbocycles. The number of carbonyl (C=O) groups excluding carboxylic acids is 2. The van der Waals surface area contributed by atoms with Gasteiger partial charge in [0, 0.05) is 17.7 Å². The van der Waals surface area contributed by atoms with Crippen molar-refractivity contribution < 1.29 is 24.2 Å². The van der Waals surface area contributed by atoms with E-state index in [4.69, 9.17) is 9.47 Å². The summed E-state index contributed by atoms with van der Waals surface area (Å²) in [5.74, 6) is 0.00533. The largest absolute Gasteiger partial charge is 0.507 e. The number of phenolic OH excluding ortho intramolecular Hbond substituents is 1. The van der Waals surface area contributed by atoms with Gasteiger partial charge in [-0.05, 0) is 11.6 Å². The molecule has 5 nitrogen and oxygen atoms in total. The lowest BCUT2D eigenvalue weighted by molar-refractivity contribution is 0.104. The second kappa shape index (κ2) is 7.26. The van der Waals surface area contributed by atoms with Crippen LogP contribution in [0.15, 0.2) is 42.5 Å². The van der Waals surface area contributed by atoms with Gasteiger partial charge in [0.25, 0.3) is 0 Å². The minimum Gasteiger partial charge on any atom is -0.507 e. The Hall–Kier alpha value is -3.08. The molecule has 118 valence electrons. The van der Waals surface area contributed by atoms with Gasteiger partial charge < -0.3 is 14.6 Å². The molecule has 0 bridgehead atoms. The Morgan fingerprint density at radius 2 is 1.70 bits per heavy atom. The van der Waals surface area contributed by atoms with Gasteiger partial charge in [-0.1, -0.05) is 30.3 Å². The maximum Gasteiger partial charge on any atom is 0.193 e. The van der Waals surface area contributed by atoms with Crippen LogP contribution in [0.25, 0.3) is 6.08 Å². The predicted octanol–water partition coefficient (Wildman–Crippen LogP) is 3.12. The van der Waals surface area contributed by atoms with Crippen LogP contribution in [0.1, 0.15) is 26.3 Å². The van der Waals surface area contributed by atoms with Crippen molar-refractivity contribution in [1.29, 1.82) is 0 Å². The summed E-state index contributed by atoms with van der Waals surface area (Å²) in [5, 5.41) is 10.0. The molecule has 1 N–H and O–H groups in total. The third-order valence-electron chi connectivity index (χ3n) is 3.26. The highest BCUT2D eigenvalue weighted by Gasteiger charge is 2.17. The lowest BCUT2D eigenvalue weighted by Crippen LogP contribution is -2.00. The van der Waals surface area contributed by atoms with Crippen LogP contribution in [0.3, 0.4) is 0 Å². The second-order valence-corrected chi connectivity index (χ2v) is 4.71. The number of aldehydes is 1. The number of allylic oxidation sites excluding steroid dienone is 1. The summed E-state index contributed by atoms with van der Waals surface area (Å²) < 4.78 is 10.2. The van der Waals surface area contributed by atoms with Crippen LogP contribution in [-0.2, 0) is 0 Å². The monoisotopic (exact) mass is 312 g/mol. The molecule has 0 aromatic heterocycles. The number of benzene rings is 2. The number of rotatable bonds is 6. The summed E-state index contributed by atoms with van der Waals surface area (Å²) in [6, 6.07) is 9.63. The fourth-order valence-corrected chi connectivity index (χ4v) is 2.04. The van der Waals surface area contributed by atoms with E-state index in [-0.39, 0.29) is 17.1 Å². The molecular formula is C18H16O5. The lowest BCUT2D eigenvalue weighted by atomic mass is 10.1. The van der Waals surface area contributed by atoms with Crippen molar-refractivity contribution >= 4 is 18.1 Å². The van der Waals surface area contributed by atoms with Gasteiger partial charge in [0.05, 0.1) is 14.2 Å². The second-order valence-electron chi connectivity index (χ2n) is 4.71. The molecular weight excluding hydrogens is 296 g/mol. The molecule has 0 radical (unpaired) electrons. The molecule has 0 heterocycles. The number of carbonyl (C=O) groups is 2. The van der Waals surface area contributed by atoms with Gasteiger partial charge >= 0.3 is 0 Å². The molecule has 2 rings (SSSR count). The molecule has 5 heteroatoms. The first kappa shape index (κ1) is 16.3. The maximum absolute atomic E-state index is 12.3. The average Bonchev–Trinajstić information content (AvgIpc) is 2.59. The van der Waals surface area contributed by atoms with Crippen molar-refractivity contribution in [2.45, 2.75) is 0 Å². The van der Waals surface area contributed by atoms with Crippen molar-refractivity contribution in [3.05, 3.63) is 59.2 Å². The van der Waals surface area contributed by atoms with E-state index in [9.17, 15) is 14.7 Å². The molecule has 0 spiro atoms. The quantitative estimate of drug-likeness (QED) is 0.504. The average molecular weight is 312 g/mol. The highest BCUT2D eigenvalue weighted by atomic mass is 16.5. The molecule has 2 aromatic carbocycles. The maximum atomic E-state index is 12.3. The van der Waals surface area contributed by atoms with E-state index in [2.05, 4.69) is 0 Å². The van der Waals surface area contributed by atoms with Crippen LogP contribution in [0.5, 0.6) is 17.2 Å². The number of phenols is 1. The Morgan fingerprint density at radius 3 is 2.26 bits per heavy atom. The van der Waals surface area contributed by atoms with Gasteiger partial charge in [-0.25, -0.2) is 0 Å². The van der Waals surface area contributed by atoms with Crippen molar-refractivity contribution in [3.63, 3.8) is 0 Å². The molecule has 0 aliphatic heterocycles. The number of hydrogen-bond acceptors (Lipinski definition) is 5. The molecule has 0 amide bonds. The van der Waals surface area contributed by atoms with Gasteiger partial charge in [0.1, 0.15) is 29.1 Å². The summed E-state index contributed by atoms with van der Waals surface area (Å²) in [6.45, 7) is 0. The van der Waals surface area contributed by atoms with Crippen LogP contribution in [-0.4, -0.2) is 31.4 Å². The number of ether oxygens (including phenoxy) is 2. The third-order valence-corrected chi connectivity index (χ3v) is 3.26. The van der Waals surface area contributed by atoms with Crippen LogP contribution < -0.4 is 9.47 Å². The topological polar surface area (TPSA) is 72.8 Å². The fourth-order valence-electron chi connectivity index (χ4n) is 2.04. The first-order valence-corrected chi connectivity index (χ1v) is 6.81. The van der Waals surface area contributed by atoms with Gasteiger partial charge in [-0.3, -0.25) is 9.59 Å². The number of methoxy groups -OCH3 is 2. The SMILES string of the molecule is COc1cc(O)c(C(=O)/C=C/c2ccc(C=O)cc2)c(OC)c1. The van der Waals surface area contributed by atoms with Gasteiger partial charge in [-0.2, -0.15) is 0 Å². The van der Waals surface area contributed by atoms with Crippen LogP contribution in [0.2, 0.25) is 0 Å². The lowest BCUT2D eigenvalue weighted by Gasteiger charge is -2.10. The minimum atomic E-state index is -0.401. The zero-order chi connectivity index (χ0) is 16.8. The molecule has 0 unspecified atom stereocenters. The van der Waals surface area contributed by atoms with Crippen LogP contribution in [0.4, 0.5) is 0 Å². The molecule has 0 aliphatic carbocycles. The van der Waals surface area contributed by atoms with Gasteiger partial charge in [0.2, 0.25) is 0 Å². The first-order valence-electron chi connectivity index (χ1n) is 6.81. The smallest absolute Gasteiger partial charge is 0.193 e. The zero-order valence-electron chi connectivity index (χ0n) is 12.8. The van der Waals surface area contributed by atoms with E-state index >= 15 is 0 Å². The Labute approximate surface area is 133 Å². The minimum absolute atomic E-state index is 0.0639. The Bertz CT molecular complexity index is 745. The Morgan fingerprint density at radius 1 is 1.04 bits per heavy atom. The van der Waals surface area contributed by atoms with E-state index in [1.807, 2.05) is 0 Å². The first-order chi connectivity index (χ1) is 11.1. The molecule has 0 aliphatic rings. The normalized spacial score (nSPS) is 10.5. The van der Waals surface area contributed by atoms with Gasteiger partial charge in [-0.15, -0.1) is 0 Å². The Kier molecular flexibility index (Phi) is 5.15. The Balaban J connectivity index is 2.29. The molecule has 0 atom stereocenters. The molecule has 23 heavy (non-hydrogen) atoms. The molecule has 2 aromatic rings. The van der Waals surface area contributed by atoms with Crippen molar-refractivity contribution in [1.82, 2.24) is 0 Å². The number of ketones is 1. The number of aromatic hydroxyl groups is 1. The standard InChI is InChI=1S/C18H16O5/c1-22-14-9-16(21)18(17(10-14)23-2)15(20)8-7-12-3-5-13(11-19)6-4-12/h3-11,21H,1-2H3/b8-7+. The highest BCUT2D eigenvalue weighted by Crippen LogP contribution is 2.33. The molecule has 0 fully saturated rings. The summed E-state index contributed by atoms with van der Waals surface area (Å²) in [7, 11) is 2.87. The van der Waals surface area contributed by atoms with E-state index in [0.29, 0.717) is 11.3 Å². The summed E-state index contributed by atoms with van der Waals surface area (Å²) in [4.78, 5) is 22.9. The highest BCUT2D eigenvalue weighted by molar-refractivity contribution is 6.10. The zero-order valence-corrected chi connectivity index (χ0v) is 12.8. The van der Waals surface area contributed by atoms with E-state index in [0.717, 1.165) is 11.8 Å². The van der Waals surface area contributed by atoms with Crippen LogP contribution in [0, 0.1) is 0 Å². The van der Waals surface area contributed by atoms with Crippen molar-refractivity contribution in [2.24, 2.45) is 0 Å². The summed E-state index contributed by atoms with van der Waals surface area (Å²) in [6.07, 6.45) is 3.68. The van der Waals surface area contributed by atoms with E-state index in [1.165, 1.54) is 32.4 Å². The van der Waals surface area contributed by atoms with Crippen molar-refractivity contribution in [2.75, 3.05) is 14.2 Å².